The minimum Gasteiger partial charge on any atom is -0.481 e. The number of pyridine rings is 1. The molecule has 0 radical (unpaired) electrons. The Kier molecular flexibility index (Phi) is 5.64. The Morgan fingerprint density at radius 3 is 2.91 bits per heavy atom. The molecule has 2 fully saturated rings. The van der Waals surface area contributed by atoms with Gasteiger partial charge in [0.25, 0.3) is 0 Å². The average molecular weight is 305 g/mol. The van der Waals surface area contributed by atoms with Gasteiger partial charge in [0.1, 0.15) is 0 Å². The fourth-order valence-electron chi connectivity index (χ4n) is 3.33. The van der Waals surface area contributed by atoms with Crippen molar-refractivity contribution in [1.29, 1.82) is 0 Å². The predicted octanol–water partition coefficient (Wildman–Crippen LogP) is 1.68. The normalized spacial score (nSPS) is 23.8. The molecular formula is C17H27N3O2. The number of methoxy groups -OCH3 is 1. The van der Waals surface area contributed by atoms with E-state index in [4.69, 9.17) is 9.47 Å². The second-order valence-corrected chi connectivity index (χ2v) is 6.36. The summed E-state index contributed by atoms with van der Waals surface area (Å²) in [4.78, 5) is 7.05. The van der Waals surface area contributed by atoms with Crippen LogP contribution in [0.3, 0.4) is 0 Å². The smallest absolute Gasteiger partial charge is 0.213 e. The van der Waals surface area contributed by atoms with Crippen molar-refractivity contribution in [2.45, 2.75) is 31.8 Å². The highest BCUT2D eigenvalue weighted by molar-refractivity contribution is 5.15. The highest BCUT2D eigenvalue weighted by Crippen LogP contribution is 2.18. The topological polar surface area (TPSA) is 46.6 Å². The number of hydrogen-bond donors (Lipinski definition) is 1. The Morgan fingerprint density at radius 2 is 2.18 bits per heavy atom. The minimum atomic E-state index is 0.601. The summed E-state index contributed by atoms with van der Waals surface area (Å²) < 4.78 is 10.6. The SMILES string of the molecule is COc1cccc(CNC2CCN(C[C@H]3CCOC3)CC2)n1. The summed E-state index contributed by atoms with van der Waals surface area (Å²) in [5.74, 6) is 1.44. The van der Waals surface area contributed by atoms with Gasteiger partial charge in [-0.1, -0.05) is 6.07 Å². The molecule has 0 aromatic carbocycles. The molecule has 0 unspecified atom stereocenters. The fourth-order valence-corrected chi connectivity index (χ4v) is 3.33. The average Bonchev–Trinajstić information content (AvgIpc) is 3.07. The van der Waals surface area contributed by atoms with Crippen LogP contribution in [0, 0.1) is 5.92 Å². The van der Waals surface area contributed by atoms with Crippen LogP contribution in [-0.4, -0.2) is 55.9 Å². The van der Waals surface area contributed by atoms with E-state index < -0.39 is 0 Å². The largest absolute Gasteiger partial charge is 0.481 e. The van der Waals surface area contributed by atoms with Gasteiger partial charge in [0.2, 0.25) is 5.88 Å². The molecule has 0 saturated carbocycles. The summed E-state index contributed by atoms with van der Waals surface area (Å²) in [6.07, 6.45) is 3.68. The van der Waals surface area contributed by atoms with Crippen molar-refractivity contribution < 1.29 is 9.47 Å². The molecule has 1 aromatic rings. The molecule has 0 aliphatic carbocycles. The highest BCUT2D eigenvalue weighted by Gasteiger charge is 2.23. The third kappa shape index (κ3) is 4.41. The first-order chi connectivity index (χ1) is 10.8. The van der Waals surface area contributed by atoms with Gasteiger partial charge in [0, 0.05) is 31.8 Å². The zero-order valence-corrected chi connectivity index (χ0v) is 13.5. The molecule has 3 heterocycles. The van der Waals surface area contributed by atoms with E-state index in [1.165, 1.54) is 38.9 Å². The summed E-state index contributed by atoms with van der Waals surface area (Å²) in [5, 5.41) is 3.63. The van der Waals surface area contributed by atoms with Gasteiger partial charge in [0.15, 0.2) is 0 Å². The van der Waals surface area contributed by atoms with Gasteiger partial charge in [-0.2, -0.15) is 0 Å². The summed E-state index contributed by atoms with van der Waals surface area (Å²) >= 11 is 0. The van der Waals surface area contributed by atoms with E-state index in [-0.39, 0.29) is 0 Å². The molecule has 0 amide bonds. The maximum absolute atomic E-state index is 5.47. The zero-order chi connectivity index (χ0) is 15.2. The van der Waals surface area contributed by atoms with E-state index in [0.29, 0.717) is 11.9 Å². The number of ether oxygens (including phenoxy) is 2. The molecule has 5 heteroatoms. The van der Waals surface area contributed by atoms with Crippen LogP contribution in [0.15, 0.2) is 18.2 Å². The molecule has 1 aromatic heterocycles. The number of piperidine rings is 1. The molecule has 2 aliphatic heterocycles. The number of aromatic nitrogens is 1. The molecule has 22 heavy (non-hydrogen) atoms. The Hall–Kier alpha value is -1.17. The van der Waals surface area contributed by atoms with Crippen LogP contribution in [0.1, 0.15) is 25.0 Å². The number of hydrogen-bond acceptors (Lipinski definition) is 5. The molecule has 2 saturated heterocycles. The number of likely N-dealkylation sites (tertiary alicyclic amines) is 1. The molecule has 5 nitrogen and oxygen atoms in total. The van der Waals surface area contributed by atoms with Crippen molar-refractivity contribution in [3.8, 4) is 5.88 Å². The van der Waals surface area contributed by atoms with Gasteiger partial charge in [-0.15, -0.1) is 0 Å². The van der Waals surface area contributed by atoms with E-state index in [1.54, 1.807) is 7.11 Å². The second kappa shape index (κ2) is 7.90. The van der Waals surface area contributed by atoms with Crippen LogP contribution >= 0.6 is 0 Å². The van der Waals surface area contributed by atoms with Crippen molar-refractivity contribution in [2.24, 2.45) is 5.92 Å². The zero-order valence-electron chi connectivity index (χ0n) is 13.5. The third-order valence-corrected chi connectivity index (χ3v) is 4.69. The molecule has 2 aliphatic rings. The Labute approximate surface area is 133 Å². The number of nitrogens with one attached hydrogen (secondary N) is 1. The van der Waals surface area contributed by atoms with Crippen molar-refractivity contribution in [3.05, 3.63) is 23.9 Å². The van der Waals surface area contributed by atoms with Crippen molar-refractivity contribution in [1.82, 2.24) is 15.2 Å². The van der Waals surface area contributed by atoms with Gasteiger partial charge in [-0.05, 0) is 44.3 Å². The van der Waals surface area contributed by atoms with Crippen molar-refractivity contribution >= 4 is 0 Å². The molecule has 1 N–H and O–H groups in total. The molecule has 0 bridgehead atoms. The first-order valence-electron chi connectivity index (χ1n) is 8.37. The molecule has 0 spiro atoms. The lowest BCUT2D eigenvalue weighted by molar-refractivity contribution is 0.147. The van der Waals surface area contributed by atoms with Crippen LogP contribution < -0.4 is 10.1 Å². The number of rotatable bonds is 6. The number of nitrogens with zero attached hydrogens (tertiary/aromatic N) is 2. The first-order valence-corrected chi connectivity index (χ1v) is 8.37. The van der Waals surface area contributed by atoms with E-state index in [0.717, 1.165) is 31.4 Å². The van der Waals surface area contributed by atoms with Gasteiger partial charge >= 0.3 is 0 Å². The van der Waals surface area contributed by atoms with Crippen LogP contribution in [0.2, 0.25) is 0 Å². The summed E-state index contributed by atoms with van der Waals surface area (Å²) in [7, 11) is 1.66. The van der Waals surface area contributed by atoms with Crippen molar-refractivity contribution in [2.75, 3.05) is 40.0 Å². The molecular weight excluding hydrogens is 278 g/mol. The molecule has 3 rings (SSSR count). The maximum atomic E-state index is 5.47. The maximum Gasteiger partial charge on any atom is 0.213 e. The fraction of sp³-hybridized carbons (Fsp3) is 0.706. The summed E-state index contributed by atoms with van der Waals surface area (Å²) in [5.41, 5.74) is 1.05. The van der Waals surface area contributed by atoms with E-state index in [1.807, 2.05) is 18.2 Å². The second-order valence-electron chi connectivity index (χ2n) is 6.36. The minimum absolute atomic E-state index is 0.601. The monoisotopic (exact) mass is 305 g/mol. The quantitative estimate of drug-likeness (QED) is 0.866. The highest BCUT2D eigenvalue weighted by atomic mass is 16.5. The predicted molar refractivity (Wildman–Crippen MR) is 86.0 cm³/mol. The van der Waals surface area contributed by atoms with Crippen LogP contribution in [0.5, 0.6) is 5.88 Å². The Bertz CT molecular complexity index is 455. The lowest BCUT2D eigenvalue weighted by Gasteiger charge is -2.33. The Morgan fingerprint density at radius 1 is 1.32 bits per heavy atom. The molecule has 1 atom stereocenters. The molecule has 122 valence electrons. The third-order valence-electron chi connectivity index (χ3n) is 4.69. The summed E-state index contributed by atoms with van der Waals surface area (Å²) in [6, 6.07) is 6.53. The lowest BCUT2D eigenvalue weighted by Crippen LogP contribution is -2.43. The van der Waals surface area contributed by atoms with Crippen LogP contribution in [0.4, 0.5) is 0 Å². The summed E-state index contributed by atoms with van der Waals surface area (Å²) in [6.45, 7) is 6.33. The van der Waals surface area contributed by atoms with Crippen LogP contribution in [0.25, 0.3) is 0 Å². The van der Waals surface area contributed by atoms with Gasteiger partial charge < -0.3 is 19.7 Å². The van der Waals surface area contributed by atoms with Gasteiger partial charge in [-0.25, -0.2) is 4.98 Å². The van der Waals surface area contributed by atoms with E-state index in [2.05, 4.69) is 15.2 Å². The standard InChI is InChI=1S/C17H27N3O2/c1-21-17-4-2-3-16(19-17)11-18-15-5-8-20(9-6-15)12-14-7-10-22-13-14/h2-4,14-15,18H,5-13H2,1H3/t14-/m1/s1. The van der Waals surface area contributed by atoms with E-state index >= 15 is 0 Å². The Balaban J connectivity index is 1.38. The first kappa shape index (κ1) is 15.7. The van der Waals surface area contributed by atoms with E-state index in [9.17, 15) is 0 Å². The van der Waals surface area contributed by atoms with Gasteiger partial charge in [0.05, 0.1) is 19.4 Å². The van der Waals surface area contributed by atoms with Crippen LogP contribution in [-0.2, 0) is 11.3 Å². The lowest BCUT2D eigenvalue weighted by atomic mass is 10.0. The van der Waals surface area contributed by atoms with Gasteiger partial charge in [-0.3, -0.25) is 0 Å². The van der Waals surface area contributed by atoms with Crippen molar-refractivity contribution in [3.63, 3.8) is 0 Å².